The lowest BCUT2D eigenvalue weighted by Gasteiger charge is -2.12. The second kappa shape index (κ2) is 15.9. The van der Waals surface area contributed by atoms with Gasteiger partial charge in [0, 0.05) is 5.02 Å². The van der Waals surface area contributed by atoms with Crippen molar-refractivity contribution in [1.82, 2.24) is 0 Å². The van der Waals surface area contributed by atoms with E-state index in [0.717, 1.165) is 18.4 Å². The Hall–Kier alpha value is -1.91. The fourth-order valence-corrected chi connectivity index (χ4v) is 4.43. The van der Waals surface area contributed by atoms with Gasteiger partial charge in [0.25, 0.3) is 0 Å². The fraction of sp³-hybridized carbons (Fsp3) is 0.536. The number of unbranched alkanes of at least 4 members (excludes halogenated alkanes) is 11. The van der Waals surface area contributed by atoms with E-state index in [1.54, 1.807) is 13.0 Å². The molecule has 0 aliphatic heterocycles. The minimum absolute atomic E-state index is 0.104. The second-order valence-corrected chi connectivity index (χ2v) is 9.78. The summed E-state index contributed by atoms with van der Waals surface area (Å²) in [5.41, 5.74) is 1.80. The third kappa shape index (κ3) is 10.1. The monoisotopic (exact) mass is 507 g/mol. The third-order valence-corrected chi connectivity index (χ3v) is 6.94. The number of phenols is 1. The van der Waals surface area contributed by atoms with Crippen molar-refractivity contribution >= 4 is 35.0 Å². The van der Waals surface area contributed by atoms with E-state index in [9.17, 15) is 9.90 Å². The van der Waals surface area contributed by atoms with Gasteiger partial charge in [-0.15, -0.1) is 0 Å². The molecule has 0 spiro atoms. The lowest BCUT2D eigenvalue weighted by molar-refractivity contribution is 0.215. The van der Waals surface area contributed by atoms with Crippen molar-refractivity contribution in [3.05, 3.63) is 51.5 Å². The van der Waals surface area contributed by atoms with Crippen molar-refractivity contribution < 1.29 is 14.6 Å². The number of benzene rings is 2. The molecule has 2 N–H and O–H groups in total. The van der Waals surface area contributed by atoms with E-state index in [-0.39, 0.29) is 16.5 Å². The van der Waals surface area contributed by atoms with Gasteiger partial charge in [-0.3, -0.25) is 5.32 Å². The van der Waals surface area contributed by atoms with Crippen molar-refractivity contribution in [1.29, 1.82) is 0 Å². The highest BCUT2D eigenvalue weighted by atomic mass is 35.5. The first-order chi connectivity index (χ1) is 16.4. The first kappa shape index (κ1) is 28.3. The lowest BCUT2D eigenvalue weighted by atomic mass is 10.0. The van der Waals surface area contributed by atoms with Crippen LogP contribution in [0, 0.1) is 6.92 Å². The number of anilines is 1. The van der Waals surface area contributed by atoms with Crippen LogP contribution in [0.5, 0.6) is 11.5 Å². The molecule has 188 valence electrons. The maximum Gasteiger partial charge on any atom is 0.417 e. The fourth-order valence-electron chi connectivity index (χ4n) is 3.98. The Morgan fingerprint density at radius 2 is 1.50 bits per heavy atom. The summed E-state index contributed by atoms with van der Waals surface area (Å²) in [5, 5.41) is 13.1. The Labute approximate surface area is 215 Å². The summed E-state index contributed by atoms with van der Waals surface area (Å²) < 4.78 is 5.39. The molecule has 0 heterocycles. The summed E-state index contributed by atoms with van der Waals surface area (Å²) in [5.74, 6) is 0.221. The summed E-state index contributed by atoms with van der Waals surface area (Å²) in [4.78, 5) is 12.3. The molecule has 0 aliphatic rings. The number of hydrogen-bond acceptors (Lipinski definition) is 3. The number of ether oxygens (including phenoxy) is 1. The number of hydrogen-bond donors (Lipinski definition) is 2. The lowest BCUT2D eigenvalue weighted by Crippen LogP contribution is -2.17. The number of carbonyl (C=O) groups excluding carboxylic acids is 1. The van der Waals surface area contributed by atoms with Crippen molar-refractivity contribution in [2.45, 2.75) is 97.3 Å². The molecular weight excluding hydrogens is 469 g/mol. The van der Waals surface area contributed by atoms with Crippen LogP contribution in [-0.2, 0) is 6.42 Å². The van der Waals surface area contributed by atoms with E-state index < -0.39 is 6.09 Å². The van der Waals surface area contributed by atoms with E-state index in [0.29, 0.717) is 16.3 Å². The predicted octanol–water partition coefficient (Wildman–Crippen LogP) is 9.86. The second-order valence-electron chi connectivity index (χ2n) is 8.99. The van der Waals surface area contributed by atoms with Gasteiger partial charge in [0.05, 0.1) is 10.7 Å². The van der Waals surface area contributed by atoms with Gasteiger partial charge in [0.2, 0.25) is 0 Å². The zero-order chi connectivity index (χ0) is 24.8. The van der Waals surface area contributed by atoms with E-state index in [2.05, 4.69) is 18.3 Å². The Morgan fingerprint density at radius 1 is 0.912 bits per heavy atom. The Bertz CT molecular complexity index is 901. The Balaban J connectivity index is 1.66. The highest BCUT2D eigenvalue weighted by Gasteiger charge is 2.15. The molecule has 4 nitrogen and oxygen atoms in total. The molecule has 2 aromatic rings. The van der Waals surface area contributed by atoms with Gasteiger partial charge in [0.15, 0.2) is 5.75 Å². The Kier molecular flexibility index (Phi) is 13.2. The number of phenolic OH excluding ortho intramolecular Hbond substituents is 1. The molecule has 0 saturated carbocycles. The first-order valence-electron chi connectivity index (χ1n) is 12.7. The van der Waals surface area contributed by atoms with Crippen LogP contribution in [0.15, 0.2) is 30.3 Å². The molecule has 2 rings (SSSR count). The number of halogens is 2. The maximum atomic E-state index is 12.3. The topological polar surface area (TPSA) is 58.6 Å². The molecule has 34 heavy (non-hydrogen) atoms. The molecule has 0 saturated heterocycles. The number of rotatable bonds is 15. The van der Waals surface area contributed by atoms with Crippen LogP contribution in [0.1, 0.15) is 95.1 Å². The van der Waals surface area contributed by atoms with Gasteiger partial charge in [-0.05, 0) is 49.1 Å². The van der Waals surface area contributed by atoms with E-state index in [1.807, 2.05) is 12.1 Å². The maximum absolute atomic E-state index is 12.3. The summed E-state index contributed by atoms with van der Waals surface area (Å²) >= 11 is 12.1. The van der Waals surface area contributed by atoms with E-state index in [1.165, 1.54) is 76.7 Å². The van der Waals surface area contributed by atoms with Crippen LogP contribution in [0.4, 0.5) is 10.5 Å². The van der Waals surface area contributed by atoms with Gasteiger partial charge >= 0.3 is 6.09 Å². The average molecular weight is 509 g/mol. The van der Waals surface area contributed by atoms with Crippen molar-refractivity contribution in [3.8, 4) is 11.5 Å². The van der Waals surface area contributed by atoms with Gasteiger partial charge in [-0.25, -0.2) is 4.79 Å². The zero-order valence-electron chi connectivity index (χ0n) is 20.6. The molecule has 0 unspecified atom stereocenters. The molecule has 0 aliphatic carbocycles. The molecule has 6 heteroatoms. The van der Waals surface area contributed by atoms with Crippen LogP contribution in [-0.4, -0.2) is 11.2 Å². The summed E-state index contributed by atoms with van der Waals surface area (Å²) in [6, 6.07) is 9.00. The highest BCUT2D eigenvalue weighted by Crippen LogP contribution is 2.38. The standard InChI is InChI=1S/C28H39Cl2NO3/c1-3-4-5-6-7-8-9-10-11-12-13-14-16-22-17-15-18-23(19-22)34-28(33)31-25-20-24(29)21(2)26(30)27(25)32/h15,17-20,32H,3-14,16H2,1-2H3,(H,31,33). The molecule has 0 fully saturated rings. The number of aryl methyl sites for hydroxylation is 1. The third-order valence-electron chi connectivity index (χ3n) is 6.09. The van der Waals surface area contributed by atoms with Gasteiger partial charge in [0.1, 0.15) is 5.75 Å². The van der Waals surface area contributed by atoms with Crippen LogP contribution in [0.3, 0.4) is 0 Å². The normalized spacial score (nSPS) is 10.9. The van der Waals surface area contributed by atoms with Crippen molar-refractivity contribution in [2.75, 3.05) is 5.32 Å². The Morgan fingerprint density at radius 3 is 2.12 bits per heavy atom. The minimum Gasteiger partial charge on any atom is -0.504 e. The number of aromatic hydroxyl groups is 1. The van der Waals surface area contributed by atoms with Crippen molar-refractivity contribution in [2.24, 2.45) is 0 Å². The van der Waals surface area contributed by atoms with Crippen LogP contribution >= 0.6 is 23.2 Å². The van der Waals surface area contributed by atoms with Crippen LogP contribution in [0.25, 0.3) is 0 Å². The molecule has 0 aromatic heterocycles. The zero-order valence-corrected chi connectivity index (χ0v) is 22.1. The van der Waals surface area contributed by atoms with E-state index in [4.69, 9.17) is 27.9 Å². The minimum atomic E-state index is -0.714. The summed E-state index contributed by atoms with van der Waals surface area (Å²) in [7, 11) is 0. The highest BCUT2D eigenvalue weighted by molar-refractivity contribution is 6.37. The number of nitrogens with one attached hydrogen (secondary N) is 1. The SMILES string of the molecule is CCCCCCCCCCCCCCc1cccc(OC(=O)Nc2cc(Cl)c(C)c(Cl)c2O)c1. The molecule has 0 atom stereocenters. The first-order valence-corrected chi connectivity index (χ1v) is 13.4. The van der Waals surface area contributed by atoms with Crippen molar-refractivity contribution in [3.63, 3.8) is 0 Å². The van der Waals surface area contributed by atoms with Gasteiger partial charge < -0.3 is 9.84 Å². The molecule has 0 bridgehead atoms. The molecule has 2 aromatic carbocycles. The molecule has 1 amide bonds. The molecular formula is C28H39Cl2NO3. The van der Waals surface area contributed by atoms with Crippen LogP contribution in [0.2, 0.25) is 10.0 Å². The number of amides is 1. The number of carbonyl (C=O) groups is 1. The average Bonchev–Trinajstić information content (AvgIpc) is 2.82. The van der Waals surface area contributed by atoms with Gasteiger partial charge in [-0.2, -0.15) is 0 Å². The quantitative estimate of drug-likeness (QED) is 0.186. The van der Waals surface area contributed by atoms with Crippen LogP contribution < -0.4 is 10.1 Å². The summed E-state index contributed by atoms with van der Waals surface area (Å²) in [6.07, 6.45) is 16.2. The predicted molar refractivity (Wildman–Crippen MR) is 144 cm³/mol. The molecule has 0 radical (unpaired) electrons. The summed E-state index contributed by atoms with van der Waals surface area (Å²) in [6.45, 7) is 3.95. The van der Waals surface area contributed by atoms with E-state index >= 15 is 0 Å². The smallest absolute Gasteiger partial charge is 0.417 e. The van der Waals surface area contributed by atoms with Gasteiger partial charge in [-0.1, -0.05) is 113 Å². The largest absolute Gasteiger partial charge is 0.504 e.